The number of ketones is 1. The van der Waals surface area contributed by atoms with Crippen LogP contribution >= 0.6 is 11.6 Å². The predicted octanol–water partition coefficient (Wildman–Crippen LogP) is 6.20. The highest BCUT2D eigenvalue weighted by atomic mass is 35.5. The molecule has 7 heteroatoms. The van der Waals surface area contributed by atoms with Gasteiger partial charge in [-0.1, -0.05) is 66.2 Å². The molecule has 0 radical (unpaired) electrons. The van der Waals surface area contributed by atoms with Gasteiger partial charge in [-0.2, -0.15) is 4.98 Å². The van der Waals surface area contributed by atoms with Gasteiger partial charge in [0.15, 0.2) is 11.6 Å². The van der Waals surface area contributed by atoms with Gasteiger partial charge in [-0.05, 0) is 48.2 Å². The summed E-state index contributed by atoms with van der Waals surface area (Å²) in [5.74, 6) is 2.00. The second kappa shape index (κ2) is 9.04. The summed E-state index contributed by atoms with van der Waals surface area (Å²) in [6.07, 6.45) is 2.15. The van der Waals surface area contributed by atoms with Crippen molar-refractivity contribution in [2.24, 2.45) is 0 Å². The molecule has 1 aliphatic heterocycles. The lowest BCUT2D eigenvalue weighted by Gasteiger charge is -2.32. The second-order valence-corrected chi connectivity index (χ2v) is 9.13. The first-order valence-electron chi connectivity index (χ1n) is 11.7. The van der Waals surface area contributed by atoms with Gasteiger partial charge in [-0.15, -0.1) is 5.10 Å². The van der Waals surface area contributed by atoms with Gasteiger partial charge in [0.1, 0.15) is 18.4 Å². The van der Waals surface area contributed by atoms with Crippen LogP contribution in [0.3, 0.4) is 0 Å². The van der Waals surface area contributed by atoms with Crippen molar-refractivity contribution in [3.63, 3.8) is 0 Å². The van der Waals surface area contributed by atoms with Gasteiger partial charge >= 0.3 is 0 Å². The number of Topliss-reactive ketones (excluding diaryl/α,β-unsaturated/α-hetero) is 1. The highest BCUT2D eigenvalue weighted by molar-refractivity contribution is 6.33. The van der Waals surface area contributed by atoms with Crippen molar-refractivity contribution in [3.8, 4) is 17.1 Å². The number of ether oxygens (including phenoxy) is 1. The molecule has 2 heterocycles. The number of hydrogen-bond donors (Lipinski definition) is 1. The van der Waals surface area contributed by atoms with Crippen LogP contribution in [0.25, 0.3) is 11.4 Å². The standard InChI is InChI=1S/C28H23ClN4O2/c29-22-13-5-4-12-21(22)27-31-28-30-23-14-7-15-24(34)25(23)26(33(28)32-27)19-10-6-11-20(16-19)35-17-18-8-2-1-3-9-18/h1-6,8-13,16,26H,7,14-15,17H2,(H,30,31,32)/t26-/m1/s1. The quantitative estimate of drug-likeness (QED) is 0.367. The van der Waals surface area contributed by atoms with E-state index in [0.29, 0.717) is 29.8 Å². The minimum Gasteiger partial charge on any atom is -0.489 e. The molecule has 0 saturated carbocycles. The van der Waals surface area contributed by atoms with E-state index in [-0.39, 0.29) is 5.78 Å². The summed E-state index contributed by atoms with van der Waals surface area (Å²) in [4.78, 5) is 17.9. The van der Waals surface area contributed by atoms with E-state index in [9.17, 15) is 4.79 Å². The minimum absolute atomic E-state index is 0.139. The number of nitrogens with one attached hydrogen (secondary N) is 1. The zero-order chi connectivity index (χ0) is 23.8. The summed E-state index contributed by atoms with van der Waals surface area (Å²) < 4.78 is 7.89. The van der Waals surface area contributed by atoms with E-state index in [4.69, 9.17) is 26.4 Å². The second-order valence-electron chi connectivity index (χ2n) is 8.73. The highest BCUT2D eigenvalue weighted by Crippen LogP contribution is 2.41. The lowest BCUT2D eigenvalue weighted by molar-refractivity contribution is -0.116. The number of carbonyl (C=O) groups is 1. The predicted molar refractivity (Wildman–Crippen MR) is 135 cm³/mol. The molecule has 0 amide bonds. The van der Waals surface area contributed by atoms with E-state index in [2.05, 4.69) is 5.32 Å². The molecule has 0 bridgehead atoms. The normalized spacial score (nSPS) is 16.9. The third kappa shape index (κ3) is 4.10. The maximum absolute atomic E-state index is 13.1. The fraction of sp³-hybridized carbons (Fsp3) is 0.179. The molecule has 0 spiro atoms. The fourth-order valence-electron chi connectivity index (χ4n) is 4.74. The van der Waals surface area contributed by atoms with Crippen LogP contribution in [0, 0.1) is 0 Å². The monoisotopic (exact) mass is 482 g/mol. The Morgan fingerprint density at radius 1 is 1.00 bits per heavy atom. The van der Waals surface area contributed by atoms with Crippen molar-refractivity contribution < 1.29 is 9.53 Å². The number of benzene rings is 3. The van der Waals surface area contributed by atoms with E-state index in [1.807, 2.05) is 78.9 Å². The maximum Gasteiger partial charge on any atom is 0.226 e. The molecule has 4 aromatic rings. The Hall–Kier alpha value is -3.90. The van der Waals surface area contributed by atoms with E-state index in [1.54, 1.807) is 4.68 Å². The summed E-state index contributed by atoms with van der Waals surface area (Å²) in [6.45, 7) is 0.467. The van der Waals surface area contributed by atoms with Crippen molar-refractivity contribution >= 4 is 23.3 Å². The van der Waals surface area contributed by atoms with Crippen LogP contribution in [-0.4, -0.2) is 20.5 Å². The Morgan fingerprint density at radius 3 is 2.69 bits per heavy atom. The first kappa shape index (κ1) is 21.6. The SMILES string of the molecule is O=C1CCCC2=C1[C@@H](c1cccc(OCc3ccccc3)c1)n1nc(-c3ccccc3Cl)nc1N2. The Kier molecular flexibility index (Phi) is 5.58. The smallest absolute Gasteiger partial charge is 0.226 e. The Balaban J connectivity index is 1.41. The van der Waals surface area contributed by atoms with Crippen LogP contribution < -0.4 is 10.1 Å². The van der Waals surface area contributed by atoms with E-state index < -0.39 is 6.04 Å². The van der Waals surface area contributed by atoms with Crippen LogP contribution in [0.2, 0.25) is 5.02 Å². The van der Waals surface area contributed by atoms with E-state index in [1.165, 1.54) is 0 Å². The molecular weight excluding hydrogens is 460 g/mol. The third-order valence-corrected chi connectivity index (χ3v) is 6.73. The molecule has 1 aliphatic carbocycles. The molecule has 1 atom stereocenters. The highest BCUT2D eigenvalue weighted by Gasteiger charge is 2.37. The maximum atomic E-state index is 13.1. The molecular formula is C28H23ClN4O2. The molecule has 3 aromatic carbocycles. The number of hydrogen-bond acceptors (Lipinski definition) is 5. The van der Waals surface area contributed by atoms with Gasteiger partial charge in [0.25, 0.3) is 0 Å². The molecule has 174 valence electrons. The fourth-order valence-corrected chi connectivity index (χ4v) is 4.96. The van der Waals surface area contributed by atoms with Crippen LogP contribution in [0.5, 0.6) is 5.75 Å². The van der Waals surface area contributed by atoms with Gasteiger partial charge in [-0.3, -0.25) is 4.79 Å². The number of carbonyl (C=O) groups excluding carboxylic acids is 1. The topological polar surface area (TPSA) is 69.0 Å². The largest absolute Gasteiger partial charge is 0.489 e. The number of nitrogens with zero attached hydrogens (tertiary/aromatic N) is 3. The molecule has 1 N–H and O–H groups in total. The molecule has 1 aromatic heterocycles. The summed E-state index contributed by atoms with van der Waals surface area (Å²) in [5.41, 5.74) is 4.44. The number of rotatable bonds is 5. The van der Waals surface area contributed by atoms with Crippen molar-refractivity contribution in [1.29, 1.82) is 0 Å². The number of allylic oxidation sites excluding steroid dienone is 2. The number of aromatic nitrogens is 3. The zero-order valence-electron chi connectivity index (χ0n) is 18.9. The molecule has 0 saturated heterocycles. The van der Waals surface area contributed by atoms with Crippen LogP contribution in [0.1, 0.15) is 36.4 Å². The number of fused-ring (bicyclic) bond motifs is 1. The summed E-state index contributed by atoms with van der Waals surface area (Å²) in [7, 11) is 0. The number of halogens is 1. The summed E-state index contributed by atoms with van der Waals surface area (Å²) >= 11 is 6.44. The van der Waals surface area contributed by atoms with E-state index in [0.717, 1.165) is 46.6 Å². The van der Waals surface area contributed by atoms with Crippen LogP contribution in [-0.2, 0) is 11.4 Å². The molecule has 35 heavy (non-hydrogen) atoms. The van der Waals surface area contributed by atoms with Crippen molar-refractivity contribution in [2.45, 2.75) is 31.9 Å². The van der Waals surface area contributed by atoms with E-state index >= 15 is 0 Å². The first-order valence-corrected chi connectivity index (χ1v) is 12.1. The van der Waals surface area contributed by atoms with Gasteiger partial charge < -0.3 is 10.1 Å². The summed E-state index contributed by atoms with van der Waals surface area (Å²) in [6, 6.07) is 25.1. The molecule has 0 unspecified atom stereocenters. The Bertz CT molecular complexity index is 1440. The Morgan fingerprint density at radius 2 is 1.83 bits per heavy atom. The molecule has 6 nitrogen and oxygen atoms in total. The third-order valence-electron chi connectivity index (χ3n) is 6.41. The number of anilines is 1. The Labute approximate surface area is 208 Å². The lowest BCUT2D eigenvalue weighted by atomic mass is 9.85. The average Bonchev–Trinajstić information content (AvgIpc) is 3.31. The molecule has 0 fully saturated rings. The van der Waals surface area contributed by atoms with Crippen molar-refractivity contribution in [1.82, 2.24) is 14.8 Å². The van der Waals surface area contributed by atoms with Crippen molar-refractivity contribution in [2.75, 3.05) is 5.32 Å². The van der Waals surface area contributed by atoms with Crippen LogP contribution in [0.15, 0.2) is 90.1 Å². The minimum atomic E-state index is -0.391. The van der Waals surface area contributed by atoms with Gasteiger partial charge in [-0.25, -0.2) is 4.68 Å². The lowest BCUT2D eigenvalue weighted by Crippen LogP contribution is -2.31. The zero-order valence-corrected chi connectivity index (χ0v) is 19.7. The average molecular weight is 483 g/mol. The van der Waals surface area contributed by atoms with Crippen LogP contribution in [0.4, 0.5) is 5.95 Å². The summed E-state index contributed by atoms with van der Waals surface area (Å²) in [5, 5.41) is 8.77. The van der Waals surface area contributed by atoms with Gasteiger partial charge in [0.2, 0.25) is 5.95 Å². The molecule has 2 aliphatic rings. The van der Waals surface area contributed by atoms with Crippen molar-refractivity contribution in [3.05, 3.63) is 106 Å². The van der Waals surface area contributed by atoms with Gasteiger partial charge in [0.05, 0.1) is 5.02 Å². The molecule has 6 rings (SSSR count). The first-order chi connectivity index (χ1) is 17.2. The van der Waals surface area contributed by atoms with Gasteiger partial charge in [0, 0.05) is 23.3 Å².